The molecule has 3 rings (SSSR count). The number of rotatable bonds is 9. The van der Waals surface area contributed by atoms with Crippen LogP contribution in [-0.2, 0) is 26.0 Å². The van der Waals surface area contributed by atoms with Gasteiger partial charge in [-0.2, -0.15) is 0 Å². The van der Waals surface area contributed by atoms with Crippen molar-refractivity contribution in [2.24, 2.45) is 0 Å². The molecule has 2 amide bonds. The molecule has 2 heterocycles. The highest BCUT2D eigenvalue weighted by molar-refractivity contribution is 7.90. The quantitative estimate of drug-likeness (QED) is 0.593. The number of sulfonamides is 1. The van der Waals surface area contributed by atoms with E-state index in [1.165, 1.54) is 28.4 Å². The van der Waals surface area contributed by atoms with E-state index in [1.807, 2.05) is 17.5 Å². The van der Waals surface area contributed by atoms with E-state index in [1.54, 1.807) is 19.1 Å². The Hall–Kier alpha value is -2.39. The summed E-state index contributed by atoms with van der Waals surface area (Å²) in [5.74, 6) is -0.311. The van der Waals surface area contributed by atoms with Gasteiger partial charge < -0.3 is 9.64 Å². The summed E-state index contributed by atoms with van der Waals surface area (Å²) in [6.45, 7) is 4.64. The lowest BCUT2D eigenvalue weighted by atomic mass is 9.85. The van der Waals surface area contributed by atoms with Crippen LogP contribution in [-0.4, -0.2) is 43.8 Å². The summed E-state index contributed by atoms with van der Waals surface area (Å²) in [5.41, 5.74) is -1.18. The van der Waals surface area contributed by atoms with E-state index in [2.05, 4.69) is 11.6 Å². The average molecular weight is 451 g/mol. The van der Waals surface area contributed by atoms with Crippen LogP contribution >= 0.6 is 11.3 Å². The molecular weight excluding hydrogens is 424 g/mol. The first-order valence-corrected chi connectivity index (χ1v) is 12.3. The van der Waals surface area contributed by atoms with Crippen LogP contribution in [0.5, 0.6) is 5.75 Å². The van der Waals surface area contributed by atoms with Crippen LogP contribution in [0.3, 0.4) is 0 Å². The molecule has 1 fully saturated rings. The number of benzene rings is 1. The molecule has 1 N–H and O–H groups in total. The van der Waals surface area contributed by atoms with Crippen molar-refractivity contribution in [1.29, 1.82) is 0 Å². The Morgan fingerprint density at radius 3 is 2.53 bits per heavy atom. The zero-order valence-corrected chi connectivity index (χ0v) is 18.7. The van der Waals surface area contributed by atoms with E-state index in [9.17, 15) is 18.0 Å². The molecule has 1 aliphatic heterocycles. The van der Waals surface area contributed by atoms with Crippen molar-refractivity contribution in [3.05, 3.63) is 46.7 Å². The van der Waals surface area contributed by atoms with Crippen molar-refractivity contribution in [2.45, 2.75) is 50.0 Å². The second-order valence-corrected chi connectivity index (χ2v) is 10.1. The summed E-state index contributed by atoms with van der Waals surface area (Å²) < 4.78 is 33.0. The number of hydrogen-bond donors (Lipinski definition) is 1. The Balaban J connectivity index is 1.64. The van der Waals surface area contributed by atoms with E-state index in [0.717, 1.165) is 17.7 Å². The number of carbonyl (C=O) groups is 2. The van der Waals surface area contributed by atoms with Gasteiger partial charge in [-0.15, -0.1) is 11.3 Å². The van der Waals surface area contributed by atoms with Crippen LogP contribution in [0.1, 0.15) is 38.0 Å². The number of unbranched alkanes of at least 4 members (excludes halogenated alkanes) is 1. The highest BCUT2D eigenvalue weighted by Crippen LogP contribution is 2.32. The molecule has 1 unspecified atom stereocenters. The van der Waals surface area contributed by atoms with E-state index in [4.69, 9.17) is 4.74 Å². The molecule has 2 aromatic rings. The van der Waals surface area contributed by atoms with Crippen molar-refractivity contribution < 1.29 is 22.7 Å². The maximum atomic E-state index is 12.8. The van der Waals surface area contributed by atoms with Crippen molar-refractivity contribution in [2.75, 3.05) is 13.2 Å². The molecule has 9 heteroatoms. The van der Waals surface area contributed by atoms with E-state index in [-0.39, 0.29) is 17.2 Å². The van der Waals surface area contributed by atoms with Gasteiger partial charge in [0.25, 0.3) is 15.9 Å². The molecule has 0 bridgehead atoms. The van der Waals surface area contributed by atoms with E-state index >= 15 is 0 Å². The number of ether oxygens (including phenoxy) is 1. The van der Waals surface area contributed by atoms with E-state index < -0.39 is 21.5 Å². The van der Waals surface area contributed by atoms with Gasteiger partial charge in [0.2, 0.25) is 5.91 Å². The monoisotopic (exact) mass is 450 g/mol. The summed E-state index contributed by atoms with van der Waals surface area (Å²) in [4.78, 5) is 27.7. The minimum absolute atomic E-state index is 0.0296. The molecule has 1 aliphatic rings. The predicted molar refractivity (Wildman–Crippen MR) is 115 cm³/mol. The fraction of sp³-hybridized carbons (Fsp3) is 0.429. The molecule has 1 aromatic heterocycles. The van der Waals surface area contributed by atoms with Crippen molar-refractivity contribution in [3.8, 4) is 5.75 Å². The summed E-state index contributed by atoms with van der Waals surface area (Å²) in [6, 6.07) is 9.66. The maximum absolute atomic E-state index is 12.8. The fourth-order valence-corrected chi connectivity index (χ4v) is 4.97. The smallest absolute Gasteiger partial charge is 0.264 e. The third-order valence-electron chi connectivity index (χ3n) is 5.24. The van der Waals surface area contributed by atoms with Crippen molar-refractivity contribution >= 4 is 33.2 Å². The Bertz CT molecular complexity index is 987. The number of nitrogens with one attached hydrogen (secondary N) is 1. The van der Waals surface area contributed by atoms with Crippen LogP contribution < -0.4 is 9.46 Å². The first-order chi connectivity index (χ1) is 14.3. The normalized spacial score (nSPS) is 18.5. The van der Waals surface area contributed by atoms with E-state index in [0.29, 0.717) is 25.3 Å². The molecule has 162 valence electrons. The third-order valence-corrected chi connectivity index (χ3v) is 7.46. The maximum Gasteiger partial charge on any atom is 0.264 e. The minimum atomic E-state index is -4.05. The molecule has 0 saturated carbocycles. The number of likely N-dealkylation sites (tertiary alicyclic amines) is 1. The second kappa shape index (κ2) is 9.18. The van der Waals surface area contributed by atoms with Gasteiger partial charge in [-0.1, -0.05) is 19.4 Å². The largest absolute Gasteiger partial charge is 0.494 e. The lowest BCUT2D eigenvalue weighted by Gasteiger charge is -2.48. The lowest BCUT2D eigenvalue weighted by Crippen LogP contribution is -2.68. The molecule has 0 aliphatic carbocycles. The summed E-state index contributed by atoms with van der Waals surface area (Å²) in [6.07, 6.45) is 2.53. The first kappa shape index (κ1) is 22.3. The first-order valence-electron chi connectivity index (χ1n) is 9.89. The topological polar surface area (TPSA) is 92.8 Å². The van der Waals surface area contributed by atoms with Crippen molar-refractivity contribution in [3.63, 3.8) is 0 Å². The van der Waals surface area contributed by atoms with Gasteiger partial charge in [-0.3, -0.25) is 9.59 Å². The fourth-order valence-electron chi connectivity index (χ4n) is 3.19. The lowest BCUT2D eigenvalue weighted by molar-refractivity contribution is -0.156. The standard InChI is InChI=1S/C21H26N2O5S2/c1-3-4-13-28-16-7-9-18(10-8-16)30(26,27)22-20(25)21(2)11-12-23(21)19(24)15-17-6-5-14-29-17/h5-10,14H,3-4,11-13,15H2,1-2H3,(H,22,25). The Kier molecular flexibility index (Phi) is 6.82. The highest BCUT2D eigenvalue weighted by Gasteiger charge is 2.50. The number of nitrogens with zero attached hydrogens (tertiary/aromatic N) is 1. The van der Waals surface area contributed by atoms with Gasteiger partial charge in [0.05, 0.1) is 17.9 Å². The zero-order valence-electron chi connectivity index (χ0n) is 17.1. The van der Waals surface area contributed by atoms with Crippen molar-refractivity contribution in [1.82, 2.24) is 9.62 Å². The molecule has 1 aromatic carbocycles. The predicted octanol–water partition coefficient (Wildman–Crippen LogP) is 2.97. The number of carbonyl (C=O) groups excluding carboxylic acids is 2. The Morgan fingerprint density at radius 1 is 1.23 bits per heavy atom. The Labute approximate surface area is 181 Å². The van der Waals surface area contributed by atoms with Crippen LogP contribution in [0, 0.1) is 0 Å². The molecule has 1 atom stereocenters. The van der Waals surface area contributed by atoms with Gasteiger partial charge >= 0.3 is 0 Å². The number of hydrogen-bond acceptors (Lipinski definition) is 6. The van der Waals surface area contributed by atoms with Crippen LogP contribution in [0.15, 0.2) is 46.7 Å². The SMILES string of the molecule is CCCCOc1ccc(S(=O)(=O)NC(=O)C2(C)CCN2C(=O)Cc2cccs2)cc1. The molecule has 30 heavy (non-hydrogen) atoms. The highest BCUT2D eigenvalue weighted by atomic mass is 32.2. The van der Waals surface area contributed by atoms with Gasteiger partial charge in [-0.25, -0.2) is 13.1 Å². The number of amides is 2. The molecular formula is C21H26N2O5S2. The van der Waals surface area contributed by atoms with Gasteiger partial charge in [0.15, 0.2) is 0 Å². The Morgan fingerprint density at radius 2 is 1.97 bits per heavy atom. The molecule has 0 spiro atoms. The summed E-state index contributed by atoms with van der Waals surface area (Å²) >= 11 is 1.47. The zero-order chi connectivity index (χ0) is 21.8. The van der Waals surface area contributed by atoms with Gasteiger partial charge in [-0.05, 0) is 55.5 Å². The minimum Gasteiger partial charge on any atom is -0.494 e. The summed E-state index contributed by atoms with van der Waals surface area (Å²) in [5, 5.41) is 1.89. The average Bonchev–Trinajstić information content (AvgIpc) is 3.19. The molecule has 1 saturated heterocycles. The van der Waals surface area contributed by atoms with Crippen LogP contribution in [0.2, 0.25) is 0 Å². The van der Waals surface area contributed by atoms with Gasteiger partial charge in [0.1, 0.15) is 11.3 Å². The third kappa shape index (κ3) is 4.84. The van der Waals surface area contributed by atoms with Gasteiger partial charge in [0, 0.05) is 11.4 Å². The molecule has 0 radical (unpaired) electrons. The second-order valence-electron chi connectivity index (χ2n) is 7.43. The summed E-state index contributed by atoms with van der Waals surface area (Å²) in [7, 11) is -4.05. The molecule has 7 nitrogen and oxygen atoms in total. The van der Waals surface area contributed by atoms with Crippen LogP contribution in [0.25, 0.3) is 0 Å². The van der Waals surface area contributed by atoms with Crippen LogP contribution in [0.4, 0.5) is 0 Å². The number of thiophene rings is 1.